The molecule has 126 valence electrons. The Morgan fingerprint density at radius 2 is 2.23 bits per heavy atom. The zero-order valence-electron chi connectivity index (χ0n) is 14.2. The number of hydrogen-bond donors (Lipinski definition) is 2. The lowest BCUT2D eigenvalue weighted by Crippen LogP contribution is -2.38. The van der Waals surface area contributed by atoms with E-state index in [1.54, 1.807) is 5.57 Å². The van der Waals surface area contributed by atoms with Gasteiger partial charge in [-0.2, -0.15) is 0 Å². The minimum absolute atomic E-state index is 0.836. The number of hydrogen-bond acceptors (Lipinski definition) is 2. The molecule has 1 fully saturated rings. The summed E-state index contributed by atoms with van der Waals surface area (Å²) >= 11 is 0. The number of rotatable bonds is 10. The van der Waals surface area contributed by atoms with Gasteiger partial charge in [0, 0.05) is 32.8 Å². The van der Waals surface area contributed by atoms with Crippen LogP contribution in [0, 0.1) is 5.92 Å². The molecule has 0 unspecified atom stereocenters. The molecule has 0 bridgehead atoms. The topological polar surface area (TPSA) is 45.7 Å². The molecule has 4 heteroatoms. The van der Waals surface area contributed by atoms with Crippen molar-refractivity contribution in [3.8, 4) is 0 Å². The molecule has 2 aliphatic rings. The van der Waals surface area contributed by atoms with E-state index in [2.05, 4.69) is 28.6 Å². The van der Waals surface area contributed by atoms with Gasteiger partial charge < -0.3 is 15.4 Å². The third-order valence-electron chi connectivity index (χ3n) is 4.23. The SMILES string of the molecule is CCNC(=NCCCOCC1CC1)NCCC1=CCCCC1. The maximum absolute atomic E-state index is 5.64. The number of aliphatic imine (C=N–C) groups is 1. The van der Waals surface area contributed by atoms with Crippen LogP contribution in [0.2, 0.25) is 0 Å². The first-order valence-electron chi connectivity index (χ1n) is 9.16. The smallest absolute Gasteiger partial charge is 0.191 e. The third-order valence-corrected chi connectivity index (χ3v) is 4.23. The fraction of sp³-hybridized carbons (Fsp3) is 0.833. The Kier molecular flexibility index (Phi) is 8.39. The molecule has 2 rings (SSSR count). The van der Waals surface area contributed by atoms with E-state index in [1.807, 2.05) is 0 Å². The van der Waals surface area contributed by atoms with Crippen LogP contribution in [0.15, 0.2) is 16.6 Å². The van der Waals surface area contributed by atoms with Crippen molar-refractivity contribution in [3.63, 3.8) is 0 Å². The third kappa shape index (κ3) is 7.83. The Morgan fingerprint density at radius 1 is 1.32 bits per heavy atom. The highest BCUT2D eigenvalue weighted by atomic mass is 16.5. The number of nitrogens with one attached hydrogen (secondary N) is 2. The number of allylic oxidation sites excluding steroid dienone is 1. The van der Waals surface area contributed by atoms with E-state index in [0.29, 0.717) is 0 Å². The zero-order chi connectivity index (χ0) is 15.5. The second kappa shape index (κ2) is 10.7. The van der Waals surface area contributed by atoms with Gasteiger partial charge in [0.2, 0.25) is 0 Å². The van der Waals surface area contributed by atoms with Gasteiger partial charge in [0.05, 0.1) is 0 Å². The van der Waals surface area contributed by atoms with E-state index in [9.17, 15) is 0 Å². The van der Waals surface area contributed by atoms with Gasteiger partial charge >= 0.3 is 0 Å². The molecule has 0 aromatic carbocycles. The van der Waals surface area contributed by atoms with Crippen molar-refractivity contribution in [1.29, 1.82) is 0 Å². The van der Waals surface area contributed by atoms with Crippen LogP contribution in [0.5, 0.6) is 0 Å². The molecule has 0 amide bonds. The molecular formula is C18H33N3O. The molecule has 4 nitrogen and oxygen atoms in total. The molecule has 0 aliphatic heterocycles. The predicted molar refractivity (Wildman–Crippen MR) is 93.3 cm³/mol. The summed E-state index contributed by atoms with van der Waals surface area (Å²) in [6.07, 6.45) is 12.6. The fourth-order valence-corrected chi connectivity index (χ4v) is 2.71. The van der Waals surface area contributed by atoms with Gasteiger partial charge in [-0.1, -0.05) is 11.6 Å². The Balaban J connectivity index is 1.55. The van der Waals surface area contributed by atoms with Crippen molar-refractivity contribution in [1.82, 2.24) is 10.6 Å². The summed E-state index contributed by atoms with van der Waals surface area (Å²) in [5.74, 6) is 1.80. The largest absolute Gasteiger partial charge is 0.381 e. The van der Waals surface area contributed by atoms with Crippen molar-refractivity contribution in [2.24, 2.45) is 10.9 Å². The Labute approximate surface area is 135 Å². The summed E-state index contributed by atoms with van der Waals surface area (Å²) in [5, 5.41) is 6.76. The first-order chi connectivity index (χ1) is 10.9. The Bertz CT molecular complexity index is 361. The molecule has 0 aromatic rings. The van der Waals surface area contributed by atoms with Gasteiger partial charge in [-0.3, -0.25) is 4.99 Å². The lowest BCUT2D eigenvalue weighted by Gasteiger charge is -2.15. The van der Waals surface area contributed by atoms with Crippen LogP contribution >= 0.6 is 0 Å². The number of ether oxygens (including phenoxy) is 1. The van der Waals surface area contributed by atoms with Crippen LogP contribution in [-0.2, 0) is 4.74 Å². The molecule has 22 heavy (non-hydrogen) atoms. The number of guanidine groups is 1. The van der Waals surface area contributed by atoms with Crippen molar-refractivity contribution in [3.05, 3.63) is 11.6 Å². The van der Waals surface area contributed by atoms with Gasteiger partial charge in [-0.15, -0.1) is 0 Å². The monoisotopic (exact) mass is 307 g/mol. The summed E-state index contributed by atoms with van der Waals surface area (Å²) in [6.45, 7) is 6.63. The van der Waals surface area contributed by atoms with Crippen LogP contribution < -0.4 is 10.6 Å². The van der Waals surface area contributed by atoms with Gasteiger partial charge in [-0.25, -0.2) is 0 Å². The van der Waals surface area contributed by atoms with Crippen molar-refractivity contribution in [2.75, 3.05) is 32.8 Å². The first kappa shape index (κ1) is 17.3. The lowest BCUT2D eigenvalue weighted by molar-refractivity contribution is 0.123. The van der Waals surface area contributed by atoms with Gasteiger partial charge in [0.25, 0.3) is 0 Å². The highest BCUT2D eigenvalue weighted by Gasteiger charge is 2.20. The van der Waals surface area contributed by atoms with Crippen molar-refractivity contribution >= 4 is 5.96 Å². The molecule has 2 aliphatic carbocycles. The average molecular weight is 307 g/mol. The van der Waals surface area contributed by atoms with Crippen molar-refractivity contribution < 1.29 is 4.74 Å². The fourth-order valence-electron chi connectivity index (χ4n) is 2.71. The maximum Gasteiger partial charge on any atom is 0.191 e. The van der Waals surface area contributed by atoms with E-state index in [-0.39, 0.29) is 0 Å². The Hall–Kier alpha value is -1.03. The quantitative estimate of drug-likeness (QED) is 0.282. The van der Waals surface area contributed by atoms with E-state index in [1.165, 1.54) is 38.5 Å². The molecule has 1 saturated carbocycles. The summed E-state index contributed by atoms with van der Waals surface area (Å²) in [5.41, 5.74) is 1.61. The Morgan fingerprint density at radius 3 is 2.95 bits per heavy atom. The summed E-state index contributed by atoms with van der Waals surface area (Å²) in [7, 11) is 0. The molecule has 0 heterocycles. The van der Waals surface area contributed by atoms with E-state index >= 15 is 0 Å². The molecule has 2 N–H and O–H groups in total. The second-order valence-corrected chi connectivity index (χ2v) is 6.42. The van der Waals surface area contributed by atoms with E-state index < -0.39 is 0 Å². The van der Waals surface area contributed by atoms with Crippen molar-refractivity contribution in [2.45, 2.75) is 58.3 Å². The van der Waals surface area contributed by atoms with Gasteiger partial charge in [0.1, 0.15) is 0 Å². The van der Waals surface area contributed by atoms with Crippen LogP contribution in [0.1, 0.15) is 58.3 Å². The standard InChI is InChI=1S/C18H33N3O/c1-2-19-18(20-12-6-14-22-15-17-9-10-17)21-13-11-16-7-4-3-5-8-16/h7,17H,2-6,8-15H2,1H3,(H2,19,20,21). The molecule has 0 aromatic heterocycles. The summed E-state index contributed by atoms with van der Waals surface area (Å²) in [6, 6.07) is 0. The molecule has 0 saturated heterocycles. The minimum atomic E-state index is 0.836. The van der Waals surface area contributed by atoms with Crippen LogP contribution in [0.4, 0.5) is 0 Å². The highest BCUT2D eigenvalue weighted by molar-refractivity contribution is 5.79. The normalized spacial score (nSPS) is 19.0. The highest BCUT2D eigenvalue weighted by Crippen LogP contribution is 2.28. The van der Waals surface area contributed by atoms with E-state index in [0.717, 1.165) is 57.6 Å². The van der Waals surface area contributed by atoms with Gasteiger partial charge in [-0.05, 0) is 64.2 Å². The lowest BCUT2D eigenvalue weighted by atomic mass is 9.97. The van der Waals surface area contributed by atoms with Crippen LogP contribution in [-0.4, -0.2) is 38.8 Å². The molecule has 0 radical (unpaired) electrons. The predicted octanol–water partition coefficient (Wildman–Crippen LogP) is 3.25. The molecule has 0 spiro atoms. The van der Waals surface area contributed by atoms with E-state index in [4.69, 9.17) is 4.74 Å². The zero-order valence-corrected chi connectivity index (χ0v) is 14.2. The average Bonchev–Trinajstić information content (AvgIpc) is 3.36. The van der Waals surface area contributed by atoms with Crippen LogP contribution in [0.3, 0.4) is 0 Å². The van der Waals surface area contributed by atoms with Crippen LogP contribution in [0.25, 0.3) is 0 Å². The first-order valence-corrected chi connectivity index (χ1v) is 9.16. The second-order valence-electron chi connectivity index (χ2n) is 6.42. The summed E-state index contributed by atoms with van der Waals surface area (Å²) in [4.78, 5) is 4.62. The molecule has 0 atom stereocenters. The summed E-state index contributed by atoms with van der Waals surface area (Å²) < 4.78 is 5.64. The van der Waals surface area contributed by atoms with Gasteiger partial charge in [0.15, 0.2) is 5.96 Å². The molecular weight excluding hydrogens is 274 g/mol. The minimum Gasteiger partial charge on any atom is -0.381 e. The number of nitrogens with zero attached hydrogens (tertiary/aromatic N) is 1. The maximum atomic E-state index is 5.64.